The van der Waals surface area contributed by atoms with Gasteiger partial charge in [0.1, 0.15) is 11.2 Å². The Kier molecular flexibility index (Phi) is 7.10. The molecule has 0 aromatic carbocycles. The molecule has 5 rings (SSSR count). The predicted molar refractivity (Wildman–Crippen MR) is 140 cm³/mol. The van der Waals surface area contributed by atoms with Gasteiger partial charge in [-0.3, -0.25) is 14.2 Å². The van der Waals surface area contributed by atoms with Crippen molar-refractivity contribution in [2.45, 2.75) is 6.42 Å². The van der Waals surface area contributed by atoms with Gasteiger partial charge in [0.15, 0.2) is 5.82 Å². The molecule has 1 fully saturated rings. The van der Waals surface area contributed by atoms with Crippen LogP contribution in [0.5, 0.6) is 0 Å². The summed E-state index contributed by atoms with van der Waals surface area (Å²) in [6.07, 6.45) is 8.15. The Hall–Kier alpha value is -3.63. The van der Waals surface area contributed by atoms with Gasteiger partial charge in [0.25, 0.3) is 0 Å². The maximum Gasteiger partial charge on any atom is 0.200 e. The van der Waals surface area contributed by atoms with Crippen LogP contribution in [0.3, 0.4) is 0 Å². The van der Waals surface area contributed by atoms with E-state index in [-0.39, 0.29) is 0 Å². The molecule has 0 atom stereocenters. The van der Waals surface area contributed by atoms with E-state index in [2.05, 4.69) is 37.2 Å². The maximum atomic E-state index is 11.5. The molecule has 4 aromatic heterocycles. The first-order valence-corrected chi connectivity index (χ1v) is 13.1. The molecule has 0 aliphatic carbocycles. The first kappa shape index (κ1) is 23.1. The van der Waals surface area contributed by atoms with Crippen molar-refractivity contribution in [2.75, 3.05) is 43.0 Å². The van der Waals surface area contributed by atoms with Gasteiger partial charge in [-0.1, -0.05) is 12.6 Å². The van der Waals surface area contributed by atoms with Crippen LogP contribution >= 0.6 is 0 Å². The van der Waals surface area contributed by atoms with Crippen LogP contribution in [-0.2, 0) is 10.8 Å². The van der Waals surface area contributed by atoms with Gasteiger partial charge in [0.2, 0.25) is 5.82 Å². The molecule has 0 spiro atoms. The fourth-order valence-corrected chi connectivity index (χ4v) is 5.17. The molecule has 1 aliphatic rings. The lowest BCUT2D eigenvalue weighted by molar-refractivity contribution is 0.296. The Labute approximate surface area is 206 Å². The monoisotopic (exact) mass is 488 g/mol. The van der Waals surface area contributed by atoms with Crippen molar-refractivity contribution in [1.29, 1.82) is 0 Å². The number of nitrogens with one attached hydrogen (secondary N) is 2. The van der Waals surface area contributed by atoms with Crippen LogP contribution in [0.1, 0.15) is 12.0 Å². The van der Waals surface area contributed by atoms with Crippen LogP contribution in [-0.4, -0.2) is 71.4 Å². The number of anilines is 2. The summed E-state index contributed by atoms with van der Waals surface area (Å²) in [7, 11) is -0.638. The van der Waals surface area contributed by atoms with Gasteiger partial charge in [-0.05, 0) is 43.3 Å². The summed E-state index contributed by atoms with van der Waals surface area (Å²) in [5.41, 5.74) is 4.08. The predicted octanol–water partition coefficient (Wildman–Crippen LogP) is 2.94. The van der Waals surface area contributed by atoms with E-state index < -0.39 is 10.8 Å². The van der Waals surface area contributed by atoms with E-state index in [1.165, 1.54) is 0 Å². The Bertz CT molecular complexity index is 1330. The lowest BCUT2D eigenvalue weighted by atomic mass is 10.1. The van der Waals surface area contributed by atoms with Crippen molar-refractivity contribution in [3.05, 3.63) is 73.3 Å². The second-order valence-electron chi connectivity index (χ2n) is 8.33. The SMILES string of the molecule is C=C(NCCCN1CCS(=O)CC1)c1cnccc1Nc1nc(-c2ccccn2)nn2cccc12. The van der Waals surface area contributed by atoms with E-state index in [4.69, 9.17) is 4.98 Å². The molecule has 9 nitrogen and oxygen atoms in total. The van der Waals surface area contributed by atoms with E-state index in [1.807, 2.05) is 42.6 Å². The number of nitrogens with zero attached hydrogens (tertiary/aromatic N) is 6. The molecule has 1 aliphatic heterocycles. The topological polar surface area (TPSA) is 100 Å². The summed E-state index contributed by atoms with van der Waals surface area (Å²) in [5, 5.41) is 11.5. The van der Waals surface area contributed by atoms with Gasteiger partial charge in [0.05, 0.1) is 5.69 Å². The molecule has 1 saturated heterocycles. The molecule has 4 aromatic rings. The molecule has 0 amide bonds. The highest BCUT2D eigenvalue weighted by Gasteiger charge is 2.15. The molecule has 10 heteroatoms. The van der Waals surface area contributed by atoms with Crippen LogP contribution in [0.4, 0.5) is 11.5 Å². The summed E-state index contributed by atoms with van der Waals surface area (Å²) in [6, 6.07) is 11.5. The maximum absolute atomic E-state index is 11.5. The van der Waals surface area contributed by atoms with Crippen LogP contribution < -0.4 is 10.6 Å². The number of aromatic nitrogens is 5. The fraction of sp³-hybridized carbons (Fsp3) is 0.280. The van der Waals surface area contributed by atoms with Gasteiger partial charge in [-0.15, -0.1) is 5.10 Å². The number of fused-ring (bicyclic) bond motifs is 1. The molecule has 5 heterocycles. The Morgan fingerprint density at radius 1 is 1.11 bits per heavy atom. The molecular formula is C25H28N8OS. The summed E-state index contributed by atoms with van der Waals surface area (Å²) < 4.78 is 13.3. The molecule has 0 unspecified atom stereocenters. The first-order valence-electron chi connectivity index (χ1n) is 11.7. The van der Waals surface area contributed by atoms with Crippen LogP contribution in [0.25, 0.3) is 22.7 Å². The average Bonchev–Trinajstić information content (AvgIpc) is 3.38. The largest absolute Gasteiger partial charge is 0.385 e. The summed E-state index contributed by atoms with van der Waals surface area (Å²) in [4.78, 5) is 15.8. The normalized spacial score (nSPS) is 14.7. The first-order chi connectivity index (χ1) is 17.2. The second-order valence-corrected chi connectivity index (χ2v) is 10.0. The minimum absolute atomic E-state index is 0.533. The smallest absolute Gasteiger partial charge is 0.200 e. The number of pyridine rings is 2. The standard InChI is InChI=1S/C25H28N8OS/c1-19(27-10-5-12-32-14-16-35(34)17-15-32)20-18-26-11-8-21(20)29-25-23-7-4-13-33(23)31-24(30-25)22-6-2-3-9-28-22/h2-4,6-9,11,13,18,27H,1,5,10,12,14-17H2,(H,26,29,30,31). The van der Waals surface area contributed by atoms with Crippen LogP contribution in [0.15, 0.2) is 67.8 Å². The Morgan fingerprint density at radius 2 is 2.00 bits per heavy atom. The third-order valence-electron chi connectivity index (χ3n) is 5.94. The highest BCUT2D eigenvalue weighted by atomic mass is 32.2. The fourth-order valence-electron chi connectivity index (χ4n) is 4.04. The highest BCUT2D eigenvalue weighted by Crippen LogP contribution is 2.27. The van der Waals surface area contributed by atoms with Crippen molar-refractivity contribution in [2.24, 2.45) is 0 Å². The Balaban J connectivity index is 1.29. The minimum atomic E-state index is -0.638. The molecule has 180 valence electrons. The zero-order valence-electron chi connectivity index (χ0n) is 19.4. The molecule has 0 radical (unpaired) electrons. The van der Waals surface area contributed by atoms with Gasteiger partial charge in [-0.25, -0.2) is 9.50 Å². The molecule has 0 saturated carbocycles. The van der Waals surface area contributed by atoms with E-state index in [1.54, 1.807) is 23.1 Å². The molecule has 2 N–H and O–H groups in total. The number of rotatable bonds is 9. The molecular weight excluding hydrogens is 460 g/mol. The zero-order valence-corrected chi connectivity index (χ0v) is 20.2. The zero-order chi connectivity index (χ0) is 24.0. The summed E-state index contributed by atoms with van der Waals surface area (Å²) in [6.45, 7) is 7.86. The van der Waals surface area contributed by atoms with Crippen molar-refractivity contribution in [1.82, 2.24) is 34.8 Å². The van der Waals surface area contributed by atoms with Crippen molar-refractivity contribution >= 4 is 33.5 Å². The van der Waals surface area contributed by atoms with Crippen molar-refractivity contribution in [3.63, 3.8) is 0 Å². The van der Waals surface area contributed by atoms with Crippen LogP contribution in [0.2, 0.25) is 0 Å². The van der Waals surface area contributed by atoms with E-state index in [0.29, 0.717) is 17.3 Å². The third kappa shape index (κ3) is 5.55. The summed E-state index contributed by atoms with van der Waals surface area (Å²) >= 11 is 0. The van der Waals surface area contributed by atoms with E-state index in [9.17, 15) is 4.21 Å². The van der Waals surface area contributed by atoms with E-state index >= 15 is 0 Å². The second kappa shape index (κ2) is 10.7. The highest BCUT2D eigenvalue weighted by molar-refractivity contribution is 7.85. The number of hydrogen-bond donors (Lipinski definition) is 2. The van der Waals surface area contributed by atoms with Gasteiger partial charge in [0, 0.05) is 78.0 Å². The molecule has 0 bridgehead atoms. The van der Waals surface area contributed by atoms with Crippen molar-refractivity contribution < 1.29 is 4.21 Å². The molecule has 35 heavy (non-hydrogen) atoms. The van der Waals surface area contributed by atoms with E-state index in [0.717, 1.165) is 66.6 Å². The third-order valence-corrected chi connectivity index (χ3v) is 7.22. The minimum Gasteiger partial charge on any atom is -0.385 e. The van der Waals surface area contributed by atoms with Crippen molar-refractivity contribution in [3.8, 4) is 11.5 Å². The quantitative estimate of drug-likeness (QED) is 0.347. The van der Waals surface area contributed by atoms with Gasteiger partial charge >= 0.3 is 0 Å². The Morgan fingerprint density at radius 3 is 2.83 bits per heavy atom. The number of hydrogen-bond acceptors (Lipinski definition) is 8. The van der Waals surface area contributed by atoms with Crippen LogP contribution in [0, 0.1) is 0 Å². The van der Waals surface area contributed by atoms with Gasteiger partial charge < -0.3 is 15.5 Å². The van der Waals surface area contributed by atoms with Gasteiger partial charge in [-0.2, -0.15) is 0 Å². The lowest BCUT2D eigenvalue weighted by Gasteiger charge is -2.26. The average molecular weight is 489 g/mol. The lowest BCUT2D eigenvalue weighted by Crippen LogP contribution is -2.38. The summed E-state index contributed by atoms with van der Waals surface area (Å²) in [5.74, 6) is 2.77.